The minimum atomic E-state index is -0.627. The van der Waals surface area contributed by atoms with E-state index < -0.39 is 5.60 Å². The van der Waals surface area contributed by atoms with Gasteiger partial charge in [-0.05, 0) is 63.4 Å². The third-order valence-corrected chi connectivity index (χ3v) is 3.47. The van der Waals surface area contributed by atoms with Gasteiger partial charge in [0.1, 0.15) is 0 Å². The Labute approximate surface area is 111 Å². The highest BCUT2D eigenvalue weighted by molar-refractivity contribution is 5.34. The summed E-state index contributed by atoms with van der Waals surface area (Å²) in [6.07, 6.45) is 2.67. The van der Waals surface area contributed by atoms with Crippen molar-refractivity contribution in [2.24, 2.45) is 0 Å². The molecule has 0 amide bonds. The Hall–Kier alpha value is -0.860. The van der Waals surface area contributed by atoms with Gasteiger partial charge in [0, 0.05) is 6.42 Å². The van der Waals surface area contributed by atoms with Crippen molar-refractivity contribution in [3.8, 4) is 0 Å². The van der Waals surface area contributed by atoms with Crippen molar-refractivity contribution in [2.45, 2.75) is 52.6 Å². The molecule has 0 aliphatic rings. The van der Waals surface area contributed by atoms with Crippen molar-refractivity contribution in [2.75, 3.05) is 13.1 Å². The summed E-state index contributed by atoms with van der Waals surface area (Å²) in [6.45, 7) is 10.2. The summed E-state index contributed by atoms with van der Waals surface area (Å²) in [5.74, 6) is 0. The minimum absolute atomic E-state index is 0.627. The summed E-state index contributed by atoms with van der Waals surface area (Å²) in [7, 11) is 0. The third-order valence-electron chi connectivity index (χ3n) is 3.47. The highest BCUT2D eigenvalue weighted by Gasteiger charge is 2.22. The van der Waals surface area contributed by atoms with Crippen LogP contribution in [0.2, 0.25) is 0 Å². The van der Waals surface area contributed by atoms with E-state index in [4.69, 9.17) is 0 Å². The fourth-order valence-electron chi connectivity index (χ4n) is 2.26. The van der Waals surface area contributed by atoms with Gasteiger partial charge in [-0.1, -0.05) is 25.1 Å². The maximum atomic E-state index is 10.5. The van der Waals surface area contributed by atoms with Crippen molar-refractivity contribution in [1.82, 2.24) is 5.32 Å². The minimum Gasteiger partial charge on any atom is -0.390 e. The normalized spacial score (nSPS) is 14.5. The van der Waals surface area contributed by atoms with Crippen LogP contribution in [0.4, 0.5) is 0 Å². The molecule has 0 spiro atoms. The molecule has 2 N–H and O–H groups in total. The molecule has 2 heteroatoms. The molecular weight excluding hydrogens is 222 g/mol. The second-order valence-corrected chi connectivity index (χ2v) is 5.54. The van der Waals surface area contributed by atoms with Gasteiger partial charge < -0.3 is 10.4 Å². The van der Waals surface area contributed by atoms with Gasteiger partial charge in [0.05, 0.1) is 5.60 Å². The Morgan fingerprint density at radius 1 is 1.17 bits per heavy atom. The summed E-state index contributed by atoms with van der Waals surface area (Å²) in [5.41, 5.74) is 3.21. The lowest BCUT2D eigenvalue weighted by Crippen LogP contribution is -2.33. The zero-order valence-corrected chi connectivity index (χ0v) is 12.2. The van der Waals surface area contributed by atoms with Crippen LogP contribution in [0.25, 0.3) is 0 Å². The van der Waals surface area contributed by atoms with Crippen LogP contribution in [0.1, 0.15) is 43.4 Å². The first-order valence-electron chi connectivity index (χ1n) is 6.94. The molecule has 0 radical (unpaired) electrons. The highest BCUT2D eigenvalue weighted by Crippen LogP contribution is 2.22. The lowest BCUT2D eigenvalue weighted by atomic mass is 9.88. The van der Waals surface area contributed by atoms with E-state index in [1.165, 1.54) is 16.7 Å². The van der Waals surface area contributed by atoms with Gasteiger partial charge in [-0.3, -0.25) is 0 Å². The summed E-state index contributed by atoms with van der Waals surface area (Å²) >= 11 is 0. The average molecular weight is 249 g/mol. The summed E-state index contributed by atoms with van der Waals surface area (Å²) < 4.78 is 0. The molecule has 102 valence electrons. The van der Waals surface area contributed by atoms with Crippen LogP contribution in [0.15, 0.2) is 18.2 Å². The van der Waals surface area contributed by atoms with Crippen LogP contribution < -0.4 is 5.32 Å². The summed E-state index contributed by atoms with van der Waals surface area (Å²) in [6, 6.07) is 6.31. The molecule has 0 bridgehead atoms. The Kier molecular flexibility index (Phi) is 5.83. The molecule has 0 aromatic heterocycles. The Morgan fingerprint density at radius 2 is 1.78 bits per heavy atom. The first-order chi connectivity index (χ1) is 8.46. The van der Waals surface area contributed by atoms with Crippen molar-refractivity contribution in [3.63, 3.8) is 0 Å². The summed E-state index contributed by atoms with van der Waals surface area (Å²) in [5, 5.41) is 13.8. The van der Waals surface area contributed by atoms with Crippen molar-refractivity contribution >= 4 is 0 Å². The van der Waals surface area contributed by atoms with E-state index in [1.54, 1.807) is 0 Å². The van der Waals surface area contributed by atoms with Crippen molar-refractivity contribution < 1.29 is 5.11 Å². The lowest BCUT2D eigenvalue weighted by Gasteiger charge is -2.25. The molecule has 2 nitrogen and oxygen atoms in total. The number of hydrogen-bond acceptors (Lipinski definition) is 2. The predicted octanol–water partition coefficient (Wildman–Crippen LogP) is 2.99. The van der Waals surface area contributed by atoms with E-state index in [9.17, 15) is 5.11 Å². The lowest BCUT2D eigenvalue weighted by molar-refractivity contribution is 0.0513. The van der Waals surface area contributed by atoms with E-state index in [0.29, 0.717) is 0 Å². The molecule has 0 fully saturated rings. The molecule has 0 aliphatic carbocycles. The van der Waals surface area contributed by atoms with Crippen molar-refractivity contribution in [3.05, 3.63) is 34.9 Å². The standard InChI is InChI=1S/C16H27NO/c1-5-10-17-11-9-16(4,18)12-15-13(2)7-6-8-14(15)3/h6-8,17-18H,5,9-12H2,1-4H3. The van der Waals surface area contributed by atoms with E-state index in [0.717, 1.165) is 32.4 Å². The van der Waals surface area contributed by atoms with Crippen LogP contribution in [-0.4, -0.2) is 23.8 Å². The fourth-order valence-corrected chi connectivity index (χ4v) is 2.26. The van der Waals surface area contributed by atoms with Gasteiger partial charge in [0.15, 0.2) is 0 Å². The average Bonchev–Trinajstić information content (AvgIpc) is 2.30. The monoisotopic (exact) mass is 249 g/mol. The molecular formula is C16H27NO. The second-order valence-electron chi connectivity index (χ2n) is 5.54. The zero-order chi connectivity index (χ0) is 13.6. The smallest absolute Gasteiger partial charge is 0.0672 e. The number of nitrogens with one attached hydrogen (secondary N) is 1. The van der Waals surface area contributed by atoms with E-state index in [-0.39, 0.29) is 0 Å². The Bertz CT molecular complexity index is 351. The molecule has 1 aromatic rings. The maximum Gasteiger partial charge on any atom is 0.0672 e. The molecule has 1 aromatic carbocycles. The van der Waals surface area contributed by atoms with Gasteiger partial charge in [-0.2, -0.15) is 0 Å². The Balaban J connectivity index is 2.59. The summed E-state index contributed by atoms with van der Waals surface area (Å²) in [4.78, 5) is 0. The number of aryl methyl sites for hydroxylation is 2. The molecule has 0 saturated heterocycles. The van der Waals surface area contributed by atoms with Gasteiger partial charge >= 0.3 is 0 Å². The SMILES string of the molecule is CCCNCCC(C)(O)Cc1c(C)cccc1C. The van der Waals surface area contributed by atoms with Gasteiger partial charge in [-0.25, -0.2) is 0 Å². The van der Waals surface area contributed by atoms with Gasteiger partial charge in [-0.15, -0.1) is 0 Å². The molecule has 0 heterocycles. The molecule has 0 aliphatic heterocycles. The predicted molar refractivity (Wildman–Crippen MR) is 78.0 cm³/mol. The molecule has 18 heavy (non-hydrogen) atoms. The second kappa shape index (κ2) is 6.91. The number of hydrogen-bond donors (Lipinski definition) is 2. The molecule has 1 atom stereocenters. The molecule has 1 rings (SSSR count). The molecule has 1 unspecified atom stereocenters. The Morgan fingerprint density at radius 3 is 2.33 bits per heavy atom. The first-order valence-corrected chi connectivity index (χ1v) is 6.94. The fraction of sp³-hybridized carbons (Fsp3) is 0.625. The molecule has 0 saturated carbocycles. The van der Waals surface area contributed by atoms with E-state index in [2.05, 4.69) is 44.3 Å². The van der Waals surface area contributed by atoms with Crippen molar-refractivity contribution in [1.29, 1.82) is 0 Å². The topological polar surface area (TPSA) is 32.3 Å². The van der Waals surface area contributed by atoms with E-state index in [1.807, 2.05) is 6.92 Å². The number of benzene rings is 1. The third kappa shape index (κ3) is 4.79. The zero-order valence-electron chi connectivity index (χ0n) is 12.2. The number of aliphatic hydroxyl groups is 1. The van der Waals surface area contributed by atoms with Crippen LogP contribution in [0.5, 0.6) is 0 Å². The largest absolute Gasteiger partial charge is 0.390 e. The highest BCUT2D eigenvalue weighted by atomic mass is 16.3. The van der Waals surface area contributed by atoms with Crippen LogP contribution in [0, 0.1) is 13.8 Å². The quantitative estimate of drug-likeness (QED) is 0.728. The number of rotatable bonds is 7. The van der Waals surface area contributed by atoms with E-state index >= 15 is 0 Å². The van der Waals surface area contributed by atoms with Gasteiger partial charge in [0.2, 0.25) is 0 Å². The van der Waals surface area contributed by atoms with Gasteiger partial charge in [0.25, 0.3) is 0 Å². The van der Waals surface area contributed by atoms with Crippen LogP contribution >= 0.6 is 0 Å². The van der Waals surface area contributed by atoms with Crippen LogP contribution in [0.3, 0.4) is 0 Å². The first kappa shape index (κ1) is 15.2. The van der Waals surface area contributed by atoms with Crippen LogP contribution in [-0.2, 0) is 6.42 Å². The maximum absolute atomic E-state index is 10.5.